The molecule has 18 heavy (non-hydrogen) atoms. The Morgan fingerprint density at radius 3 is 2.44 bits per heavy atom. The van der Waals surface area contributed by atoms with E-state index in [1.54, 1.807) is 19.4 Å². The molecule has 0 atom stereocenters. The quantitative estimate of drug-likeness (QED) is 0.596. The topological polar surface area (TPSA) is 52.8 Å². The van der Waals surface area contributed by atoms with Crippen LogP contribution in [0.1, 0.15) is 11.1 Å². The van der Waals surface area contributed by atoms with Crippen LogP contribution in [0.25, 0.3) is 11.1 Å². The molecule has 0 aliphatic rings. The Labute approximate surface area is 107 Å². The van der Waals surface area contributed by atoms with E-state index in [1.165, 1.54) is 16.0 Å². The van der Waals surface area contributed by atoms with Crippen LogP contribution in [0.15, 0.2) is 30.6 Å². The number of hydrogen-bond donors (Lipinski definition) is 0. The Morgan fingerprint density at radius 2 is 1.83 bits per heavy atom. The first-order valence-electron chi connectivity index (χ1n) is 5.65. The second-order valence-corrected chi connectivity index (χ2v) is 4.25. The Bertz CT molecular complexity index is 596. The maximum absolute atomic E-state index is 8.75. The highest BCUT2D eigenvalue weighted by atomic mass is 15.2. The van der Waals surface area contributed by atoms with Crippen LogP contribution in [0, 0.1) is 25.3 Å². The molecule has 4 nitrogen and oxygen atoms in total. The summed E-state index contributed by atoms with van der Waals surface area (Å²) in [5.41, 5.74) is 4.48. The molecule has 1 aromatic heterocycles. The molecule has 1 aromatic carbocycles. The van der Waals surface area contributed by atoms with Crippen molar-refractivity contribution in [3.05, 3.63) is 41.7 Å². The highest BCUT2D eigenvalue weighted by molar-refractivity contribution is 5.66. The van der Waals surface area contributed by atoms with E-state index in [-0.39, 0.29) is 0 Å². The maximum atomic E-state index is 8.75. The van der Waals surface area contributed by atoms with E-state index in [0.717, 1.165) is 11.1 Å². The minimum absolute atomic E-state index is 0.409. The molecule has 2 rings (SSSR count). The average Bonchev–Trinajstić information content (AvgIpc) is 2.41. The van der Waals surface area contributed by atoms with Crippen LogP contribution < -0.4 is 4.90 Å². The molecule has 4 heteroatoms. The van der Waals surface area contributed by atoms with Gasteiger partial charge in [0.15, 0.2) is 6.19 Å². The lowest BCUT2D eigenvalue weighted by molar-refractivity contribution is 1.04. The smallest absolute Gasteiger partial charge is 0.238 e. The molecular formula is C14H14N4. The first kappa shape index (κ1) is 12.1. The summed E-state index contributed by atoms with van der Waals surface area (Å²) < 4.78 is 0. The average molecular weight is 238 g/mol. The van der Waals surface area contributed by atoms with Gasteiger partial charge >= 0.3 is 0 Å². The summed E-state index contributed by atoms with van der Waals surface area (Å²) in [5, 5.41) is 8.75. The second-order valence-electron chi connectivity index (χ2n) is 4.25. The Hall–Kier alpha value is -2.41. The molecular weight excluding hydrogens is 224 g/mol. The summed E-state index contributed by atoms with van der Waals surface area (Å²) in [6, 6.07) is 6.28. The largest absolute Gasteiger partial charge is 0.250 e. The highest BCUT2D eigenvalue weighted by Gasteiger charge is 2.06. The molecule has 90 valence electrons. The first-order valence-corrected chi connectivity index (χ1v) is 5.65. The zero-order valence-corrected chi connectivity index (χ0v) is 10.7. The van der Waals surface area contributed by atoms with Gasteiger partial charge in [-0.15, -0.1) is 0 Å². The van der Waals surface area contributed by atoms with Crippen LogP contribution in [0.5, 0.6) is 0 Å². The van der Waals surface area contributed by atoms with Gasteiger partial charge in [0.1, 0.15) is 0 Å². The summed E-state index contributed by atoms with van der Waals surface area (Å²) in [4.78, 5) is 9.70. The molecule has 0 spiro atoms. The monoisotopic (exact) mass is 238 g/mol. The van der Waals surface area contributed by atoms with Gasteiger partial charge in [-0.3, -0.25) is 4.90 Å². The number of hydrogen-bond acceptors (Lipinski definition) is 4. The van der Waals surface area contributed by atoms with Crippen molar-refractivity contribution >= 4 is 5.95 Å². The van der Waals surface area contributed by atoms with Crippen LogP contribution in [-0.2, 0) is 0 Å². The van der Waals surface area contributed by atoms with Crippen LogP contribution >= 0.6 is 0 Å². The fourth-order valence-corrected chi connectivity index (χ4v) is 1.73. The van der Waals surface area contributed by atoms with Gasteiger partial charge in [0.05, 0.1) is 0 Å². The Morgan fingerprint density at radius 1 is 1.17 bits per heavy atom. The molecule has 0 radical (unpaired) electrons. The van der Waals surface area contributed by atoms with Crippen LogP contribution in [0.3, 0.4) is 0 Å². The van der Waals surface area contributed by atoms with E-state index in [4.69, 9.17) is 5.26 Å². The molecule has 0 N–H and O–H groups in total. The van der Waals surface area contributed by atoms with E-state index in [9.17, 15) is 0 Å². The van der Waals surface area contributed by atoms with Crippen molar-refractivity contribution in [2.24, 2.45) is 0 Å². The zero-order chi connectivity index (χ0) is 13.1. The maximum Gasteiger partial charge on any atom is 0.238 e. The third-order valence-electron chi connectivity index (χ3n) is 2.79. The summed E-state index contributed by atoms with van der Waals surface area (Å²) in [7, 11) is 1.63. The molecule has 2 aromatic rings. The fraction of sp³-hybridized carbons (Fsp3) is 0.214. The molecule has 0 saturated heterocycles. The minimum atomic E-state index is 0.409. The van der Waals surface area contributed by atoms with Crippen molar-refractivity contribution in [1.82, 2.24) is 9.97 Å². The minimum Gasteiger partial charge on any atom is -0.250 e. The van der Waals surface area contributed by atoms with Gasteiger partial charge in [-0.2, -0.15) is 5.26 Å². The first-order chi connectivity index (χ1) is 8.61. The number of nitrogens with zero attached hydrogens (tertiary/aromatic N) is 4. The predicted octanol–water partition coefficient (Wildman–Crippen LogP) is 2.68. The van der Waals surface area contributed by atoms with Gasteiger partial charge in [-0.25, -0.2) is 9.97 Å². The lowest BCUT2D eigenvalue weighted by Gasteiger charge is -2.09. The van der Waals surface area contributed by atoms with E-state index in [1.807, 2.05) is 6.19 Å². The molecule has 0 saturated carbocycles. The number of aromatic nitrogens is 2. The van der Waals surface area contributed by atoms with E-state index in [2.05, 4.69) is 42.0 Å². The third-order valence-corrected chi connectivity index (χ3v) is 2.79. The molecule has 0 bridgehead atoms. The Balaban J connectivity index is 2.41. The van der Waals surface area contributed by atoms with E-state index < -0.39 is 0 Å². The van der Waals surface area contributed by atoms with Crippen molar-refractivity contribution in [3.8, 4) is 17.3 Å². The number of anilines is 1. The van der Waals surface area contributed by atoms with Crippen molar-refractivity contribution in [3.63, 3.8) is 0 Å². The second kappa shape index (κ2) is 4.84. The summed E-state index contributed by atoms with van der Waals surface area (Å²) in [6.45, 7) is 4.12. The predicted molar refractivity (Wildman–Crippen MR) is 71.0 cm³/mol. The third kappa shape index (κ3) is 2.30. The van der Waals surface area contributed by atoms with Gasteiger partial charge in [0.25, 0.3) is 0 Å². The lowest BCUT2D eigenvalue weighted by atomic mass is 10.0. The van der Waals surface area contributed by atoms with Gasteiger partial charge in [-0.1, -0.05) is 23.8 Å². The van der Waals surface area contributed by atoms with Crippen molar-refractivity contribution in [1.29, 1.82) is 5.26 Å². The number of nitriles is 1. The number of rotatable bonds is 2. The molecule has 1 heterocycles. The highest BCUT2D eigenvalue weighted by Crippen LogP contribution is 2.23. The number of benzene rings is 1. The lowest BCUT2D eigenvalue weighted by Crippen LogP contribution is -2.11. The Kier molecular flexibility index (Phi) is 3.24. The van der Waals surface area contributed by atoms with Crippen LogP contribution in [-0.4, -0.2) is 17.0 Å². The van der Waals surface area contributed by atoms with Gasteiger partial charge in [0, 0.05) is 25.0 Å². The van der Waals surface area contributed by atoms with Crippen molar-refractivity contribution in [2.45, 2.75) is 13.8 Å². The molecule has 0 unspecified atom stereocenters. The standard InChI is InChI=1S/C14H14N4/c1-10-4-5-11(2)13(6-10)12-7-16-14(17-8-12)18(3)9-15/h4-8H,1-3H3. The van der Waals surface area contributed by atoms with E-state index in [0.29, 0.717) is 5.95 Å². The van der Waals surface area contributed by atoms with E-state index >= 15 is 0 Å². The summed E-state index contributed by atoms with van der Waals surface area (Å²) in [6.07, 6.45) is 5.47. The molecule has 0 aliphatic heterocycles. The van der Waals surface area contributed by atoms with Gasteiger partial charge < -0.3 is 0 Å². The van der Waals surface area contributed by atoms with Gasteiger partial charge in [0.2, 0.25) is 5.95 Å². The van der Waals surface area contributed by atoms with Crippen molar-refractivity contribution < 1.29 is 0 Å². The normalized spacial score (nSPS) is 9.89. The van der Waals surface area contributed by atoms with Crippen molar-refractivity contribution in [2.75, 3.05) is 11.9 Å². The van der Waals surface area contributed by atoms with Crippen LogP contribution in [0.2, 0.25) is 0 Å². The summed E-state index contributed by atoms with van der Waals surface area (Å²) >= 11 is 0. The molecule has 0 aliphatic carbocycles. The molecule has 0 amide bonds. The number of aryl methyl sites for hydroxylation is 2. The SMILES string of the molecule is Cc1ccc(C)c(-c2cnc(N(C)C#N)nc2)c1. The zero-order valence-electron chi connectivity index (χ0n) is 10.7. The molecule has 0 fully saturated rings. The summed E-state index contributed by atoms with van der Waals surface area (Å²) in [5.74, 6) is 0.409. The van der Waals surface area contributed by atoms with Gasteiger partial charge in [-0.05, 0) is 25.0 Å². The van der Waals surface area contributed by atoms with Crippen LogP contribution in [0.4, 0.5) is 5.95 Å². The fourth-order valence-electron chi connectivity index (χ4n) is 1.73.